The quantitative estimate of drug-likeness (QED) is 0.109. The zero-order valence-corrected chi connectivity index (χ0v) is 19.0. The summed E-state index contributed by atoms with van der Waals surface area (Å²) in [5.74, 6) is -6.59. The molecule has 0 radical (unpaired) electrons. The topological polar surface area (TPSA) is 245 Å². The van der Waals surface area contributed by atoms with E-state index < -0.39 is 85.2 Å². The molecule has 9 N–H and O–H groups in total. The van der Waals surface area contributed by atoms with Crippen molar-refractivity contribution in [2.24, 2.45) is 5.73 Å². The number of nitrogens with two attached hydrogens (primary N) is 1. The Bertz CT molecular complexity index is 733. The number of aliphatic carboxylic acids is 3. The van der Waals surface area contributed by atoms with Gasteiger partial charge in [-0.05, 0) is 31.8 Å². The number of thioether (sulfide) groups is 1. The van der Waals surface area contributed by atoms with Crippen molar-refractivity contribution < 1.29 is 49.2 Å². The van der Waals surface area contributed by atoms with Crippen LogP contribution in [-0.4, -0.2) is 98.3 Å². The Morgan fingerprint density at radius 3 is 1.82 bits per heavy atom. The first-order valence-electron chi connectivity index (χ1n) is 9.80. The number of aliphatic hydroxyl groups excluding tert-OH is 1. The molecule has 0 rings (SSSR count). The summed E-state index contributed by atoms with van der Waals surface area (Å²) in [5, 5.41) is 42.9. The summed E-state index contributed by atoms with van der Waals surface area (Å²) in [6.07, 6.45) is -1.29. The van der Waals surface area contributed by atoms with Gasteiger partial charge in [-0.2, -0.15) is 11.8 Å². The molecule has 0 heterocycles. The normalized spacial score (nSPS) is 15.3. The average Bonchev–Trinajstić information content (AvgIpc) is 2.70. The highest BCUT2D eigenvalue weighted by molar-refractivity contribution is 7.98. The molecule has 0 aliphatic carbocycles. The third-order valence-electron chi connectivity index (χ3n) is 4.30. The number of aliphatic hydroxyl groups is 1. The van der Waals surface area contributed by atoms with Crippen LogP contribution in [0, 0.1) is 0 Å². The van der Waals surface area contributed by atoms with Crippen LogP contribution < -0.4 is 21.7 Å². The molecular formula is C18H30N4O10S. The Morgan fingerprint density at radius 1 is 0.848 bits per heavy atom. The maximum Gasteiger partial charge on any atom is 0.328 e. The van der Waals surface area contributed by atoms with Crippen LogP contribution in [0.4, 0.5) is 0 Å². The van der Waals surface area contributed by atoms with Gasteiger partial charge in [-0.3, -0.25) is 24.0 Å². The fourth-order valence-corrected chi connectivity index (χ4v) is 2.99. The zero-order chi connectivity index (χ0) is 25.7. The summed E-state index contributed by atoms with van der Waals surface area (Å²) in [5.41, 5.74) is 5.50. The number of carboxylic acid groups (broad SMARTS) is 3. The molecule has 0 aliphatic heterocycles. The third-order valence-corrected chi connectivity index (χ3v) is 4.94. The van der Waals surface area contributed by atoms with E-state index in [1.807, 2.05) is 5.32 Å². The predicted octanol–water partition coefficient (Wildman–Crippen LogP) is -2.67. The summed E-state index contributed by atoms with van der Waals surface area (Å²) >= 11 is 1.34. The second-order valence-electron chi connectivity index (χ2n) is 7.11. The minimum absolute atomic E-state index is 0.0806. The van der Waals surface area contributed by atoms with Crippen molar-refractivity contribution >= 4 is 47.4 Å². The predicted molar refractivity (Wildman–Crippen MR) is 115 cm³/mol. The van der Waals surface area contributed by atoms with Crippen molar-refractivity contribution in [1.82, 2.24) is 16.0 Å². The van der Waals surface area contributed by atoms with Crippen LogP contribution in [-0.2, 0) is 28.8 Å². The molecule has 0 aliphatic rings. The lowest BCUT2D eigenvalue weighted by molar-refractivity contribution is -0.145. The second kappa shape index (κ2) is 15.0. The Morgan fingerprint density at radius 2 is 1.36 bits per heavy atom. The minimum atomic E-state index is -1.71. The van der Waals surface area contributed by atoms with Gasteiger partial charge < -0.3 is 42.1 Å². The fraction of sp³-hybridized carbons (Fsp3) is 0.667. The van der Waals surface area contributed by atoms with Gasteiger partial charge >= 0.3 is 17.9 Å². The number of rotatable bonds is 16. The number of carboxylic acids is 3. The molecule has 5 unspecified atom stereocenters. The number of carbonyl (C=O) groups is 6. The summed E-state index contributed by atoms with van der Waals surface area (Å²) in [4.78, 5) is 70.3. The number of amides is 3. The van der Waals surface area contributed by atoms with Crippen molar-refractivity contribution in [3.8, 4) is 0 Å². The van der Waals surface area contributed by atoms with Crippen LogP contribution >= 0.6 is 11.8 Å². The minimum Gasteiger partial charge on any atom is -0.481 e. The molecule has 0 saturated carbocycles. The van der Waals surface area contributed by atoms with E-state index in [1.54, 1.807) is 6.26 Å². The highest BCUT2D eigenvalue weighted by atomic mass is 32.2. The van der Waals surface area contributed by atoms with E-state index in [0.717, 1.165) is 6.92 Å². The molecule has 0 spiro atoms. The Kier molecular flexibility index (Phi) is 13.7. The SMILES string of the molecule is CSCCC(NC(=O)C(N)CC(=O)O)C(=O)NC(CCC(=O)O)C(=O)NC(C(=O)O)C(C)O. The average molecular weight is 495 g/mol. The van der Waals surface area contributed by atoms with Crippen LogP contribution in [0.1, 0.15) is 32.6 Å². The lowest BCUT2D eigenvalue weighted by Gasteiger charge is -2.25. The van der Waals surface area contributed by atoms with Gasteiger partial charge in [0.15, 0.2) is 6.04 Å². The molecule has 14 nitrogen and oxygen atoms in total. The first kappa shape index (κ1) is 30.1. The van der Waals surface area contributed by atoms with Crippen molar-refractivity contribution in [3.05, 3.63) is 0 Å². The molecule has 0 bridgehead atoms. The lowest BCUT2D eigenvalue weighted by Crippen LogP contribution is -2.58. The van der Waals surface area contributed by atoms with Crippen molar-refractivity contribution in [3.63, 3.8) is 0 Å². The number of carbonyl (C=O) groups excluding carboxylic acids is 3. The number of nitrogens with one attached hydrogen (secondary N) is 3. The highest BCUT2D eigenvalue weighted by Gasteiger charge is 2.32. The van der Waals surface area contributed by atoms with Crippen molar-refractivity contribution in [2.75, 3.05) is 12.0 Å². The molecule has 5 atom stereocenters. The Hall–Kier alpha value is -2.91. The van der Waals surface area contributed by atoms with E-state index in [1.165, 1.54) is 11.8 Å². The van der Waals surface area contributed by atoms with Gasteiger partial charge in [0.2, 0.25) is 17.7 Å². The van der Waals surface area contributed by atoms with Gasteiger partial charge in [-0.15, -0.1) is 0 Å². The molecule has 0 aromatic rings. The van der Waals surface area contributed by atoms with Crippen LogP contribution in [0.5, 0.6) is 0 Å². The van der Waals surface area contributed by atoms with Gasteiger partial charge in [0.1, 0.15) is 12.1 Å². The molecule has 0 aromatic heterocycles. The number of hydrogen-bond donors (Lipinski definition) is 8. The van der Waals surface area contributed by atoms with Gasteiger partial charge in [-0.1, -0.05) is 0 Å². The summed E-state index contributed by atoms with van der Waals surface area (Å²) in [6, 6.07) is -5.85. The van der Waals surface area contributed by atoms with Gasteiger partial charge in [-0.25, -0.2) is 4.79 Å². The summed E-state index contributed by atoms with van der Waals surface area (Å²) in [6.45, 7) is 1.12. The first-order valence-corrected chi connectivity index (χ1v) is 11.2. The lowest BCUT2D eigenvalue weighted by atomic mass is 10.1. The first-order chi connectivity index (χ1) is 15.3. The standard InChI is InChI=1S/C18H30N4O10S/c1-8(23)14(18(31)32)22-17(30)10(3-4-12(24)25)21-16(29)11(5-6-33-2)20-15(28)9(19)7-13(26)27/h8-11,14,23H,3-7,19H2,1-2H3,(H,20,28)(H,21,29)(H,22,30)(H,24,25)(H,26,27)(H,31,32). The van der Waals surface area contributed by atoms with Gasteiger partial charge in [0.25, 0.3) is 0 Å². The third kappa shape index (κ3) is 12.1. The van der Waals surface area contributed by atoms with Gasteiger partial charge in [0, 0.05) is 6.42 Å². The second-order valence-corrected chi connectivity index (χ2v) is 8.09. The smallest absolute Gasteiger partial charge is 0.328 e. The Balaban J connectivity index is 5.53. The van der Waals surface area contributed by atoms with E-state index in [4.69, 9.17) is 21.1 Å². The van der Waals surface area contributed by atoms with Crippen LogP contribution in [0.25, 0.3) is 0 Å². The summed E-state index contributed by atoms with van der Waals surface area (Å²) < 4.78 is 0. The summed E-state index contributed by atoms with van der Waals surface area (Å²) in [7, 11) is 0. The van der Waals surface area contributed by atoms with Crippen molar-refractivity contribution in [2.45, 2.75) is 62.9 Å². The van der Waals surface area contributed by atoms with E-state index >= 15 is 0 Å². The zero-order valence-electron chi connectivity index (χ0n) is 18.1. The highest BCUT2D eigenvalue weighted by Crippen LogP contribution is 2.06. The molecule has 0 aromatic carbocycles. The van der Waals surface area contributed by atoms with E-state index in [0.29, 0.717) is 5.75 Å². The van der Waals surface area contributed by atoms with E-state index in [2.05, 4.69) is 10.6 Å². The maximum absolute atomic E-state index is 12.8. The molecule has 188 valence electrons. The van der Waals surface area contributed by atoms with Gasteiger partial charge in [0.05, 0.1) is 18.6 Å². The molecule has 3 amide bonds. The van der Waals surface area contributed by atoms with Crippen molar-refractivity contribution in [1.29, 1.82) is 0 Å². The molecule has 0 fully saturated rings. The van der Waals surface area contributed by atoms with Crippen LogP contribution in [0.2, 0.25) is 0 Å². The molecule has 0 saturated heterocycles. The largest absolute Gasteiger partial charge is 0.481 e. The van der Waals surface area contributed by atoms with Crippen LogP contribution in [0.3, 0.4) is 0 Å². The monoisotopic (exact) mass is 494 g/mol. The Labute approximate surface area is 193 Å². The van der Waals surface area contributed by atoms with E-state index in [-0.39, 0.29) is 6.42 Å². The molecule has 33 heavy (non-hydrogen) atoms. The molecular weight excluding hydrogens is 464 g/mol. The number of hydrogen-bond acceptors (Lipinski definition) is 9. The van der Waals surface area contributed by atoms with Crippen LogP contribution in [0.15, 0.2) is 0 Å². The molecule has 15 heteroatoms. The maximum atomic E-state index is 12.8. The van der Waals surface area contributed by atoms with E-state index in [9.17, 15) is 33.9 Å². The fourth-order valence-electron chi connectivity index (χ4n) is 2.52.